The lowest BCUT2D eigenvalue weighted by Crippen LogP contribution is -2.27. The molecule has 86 valence electrons. The molecule has 0 aliphatic heterocycles. The number of benzene rings is 1. The van der Waals surface area contributed by atoms with Crippen LogP contribution < -0.4 is 10.5 Å². The van der Waals surface area contributed by atoms with Gasteiger partial charge in [0.1, 0.15) is 5.75 Å². The topological polar surface area (TPSA) is 51.0 Å². The van der Waals surface area contributed by atoms with Crippen LogP contribution in [0.2, 0.25) is 0 Å². The Bertz CT molecular complexity index is 500. The molecule has 0 amide bonds. The minimum atomic E-state index is -0.0232. The molecule has 0 unspecified atom stereocenters. The molecular weight excluding hydrogens is 200 g/mol. The zero-order valence-corrected chi connectivity index (χ0v) is 10.0. The summed E-state index contributed by atoms with van der Waals surface area (Å²) in [4.78, 5) is 3.27. The number of para-hydroxylation sites is 1. The molecule has 0 radical (unpaired) electrons. The van der Waals surface area contributed by atoms with Crippen molar-refractivity contribution in [3.05, 3.63) is 30.0 Å². The van der Waals surface area contributed by atoms with Crippen LogP contribution in [0.1, 0.15) is 19.4 Å². The molecule has 3 N–H and O–H groups in total. The number of rotatable bonds is 3. The van der Waals surface area contributed by atoms with Gasteiger partial charge in [-0.25, -0.2) is 0 Å². The van der Waals surface area contributed by atoms with Gasteiger partial charge in [-0.3, -0.25) is 0 Å². The van der Waals surface area contributed by atoms with Crippen molar-refractivity contribution in [1.82, 2.24) is 4.98 Å². The maximum Gasteiger partial charge on any atom is 0.142 e. The van der Waals surface area contributed by atoms with Gasteiger partial charge in [0, 0.05) is 23.5 Å². The van der Waals surface area contributed by atoms with Gasteiger partial charge >= 0.3 is 0 Å². The number of aromatic nitrogens is 1. The second kappa shape index (κ2) is 3.83. The molecule has 0 spiro atoms. The van der Waals surface area contributed by atoms with E-state index < -0.39 is 0 Å². The molecule has 0 saturated carbocycles. The van der Waals surface area contributed by atoms with Crippen LogP contribution in [0, 0.1) is 0 Å². The van der Waals surface area contributed by atoms with Crippen molar-refractivity contribution < 1.29 is 4.74 Å². The molecule has 1 aromatic heterocycles. The SMILES string of the molecule is COc1cccc2c(C(C)(C)CN)c[nH]c12. The molecule has 3 nitrogen and oxygen atoms in total. The van der Waals surface area contributed by atoms with Gasteiger partial charge in [-0.05, 0) is 11.6 Å². The highest BCUT2D eigenvalue weighted by Gasteiger charge is 2.22. The third-order valence-electron chi connectivity index (χ3n) is 3.14. The van der Waals surface area contributed by atoms with E-state index in [4.69, 9.17) is 10.5 Å². The third kappa shape index (κ3) is 1.57. The van der Waals surface area contributed by atoms with Crippen LogP contribution in [0.3, 0.4) is 0 Å². The Labute approximate surface area is 95.6 Å². The van der Waals surface area contributed by atoms with Crippen LogP contribution in [0.25, 0.3) is 10.9 Å². The van der Waals surface area contributed by atoms with E-state index >= 15 is 0 Å². The smallest absolute Gasteiger partial charge is 0.142 e. The van der Waals surface area contributed by atoms with Crippen LogP contribution in [-0.4, -0.2) is 18.6 Å². The molecule has 2 rings (SSSR count). The highest BCUT2D eigenvalue weighted by atomic mass is 16.5. The lowest BCUT2D eigenvalue weighted by atomic mass is 9.85. The van der Waals surface area contributed by atoms with Gasteiger partial charge in [-0.1, -0.05) is 26.0 Å². The molecule has 3 heteroatoms. The van der Waals surface area contributed by atoms with Crippen LogP contribution >= 0.6 is 0 Å². The van der Waals surface area contributed by atoms with Crippen molar-refractivity contribution >= 4 is 10.9 Å². The molecule has 2 aromatic rings. The zero-order valence-electron chi connectivity index (χ0n) is 10.0. The van der Waals surface area contributed by atoms with E-state index in [-0.39, 0.29) is 5.41 Å². The lowest BCUT2D eigenvalue weighted by molar-refractivity contribution is 0.419. The Morgan fingerprint density at radius 1 is 1.38 bits per heavy atom. The minimum absolute atomic E-state index is 0.0232. The number of aromatic amines is 1. The zero-order chi connectivity index (χ0) is 11.8. The Kier molecular flexibility index (Phi) is 2.64. The van der Waals surface area contributed by atoms with Gasteiger partial charge in [0.2, 0.25) is 0 Å². The summed E-state index contributed by atoms with van der Waals surface area (Å²) in [5.41, 5.74) is 8.07. The molecule has 0 aliphatic carbocycles. The predicted octanol–water partition coefficient (Wildman–Crippen LogP) is 2.41. The van der Waals surface area contributed by atoms with Gasteiger partial charge < -0.3 is 15.5 Å². The van der Waals surface area contributed by atoms with E-state index in [1.807, 2.05) is 18.3 Å². The number of H-pyrrole nitrogens is 1. The van der Waals surface area contributed by atoms with Crippen molar-refractivity contribution in [2.75, 3.05) is 13.7 Å². The van der Waals surface area contributed by atoms with Gasteiger partial charge in [-0.15, -0.1) is 0 Å². The van der Waals surface area contributed by atoms with Crippen LogP contribution in [0.4, 0.5) is 0 Å². The summed E-state index contributed by atoms with van der Waals surface area (Å²) < 4.78 is 5.32. The van der Waals surface area contributed by atoms with Crippen molar-refractivity contribution in [2.45, 2.75) is 19.3 Å². The van der Waals surface area contributed by atoms with Crippen molar-refractivity contribution in [2.24, 2.45) is 5.73 Å². The normalized spacial score (nSPS) is 12.0. The fraction of sp³-hybridized carbons (Fsp3) is 0.385. The third-order valence-corrected chi connectivity index (χ3v) is 3.14. The summed E-state index contributed by atoms with van der Waals surface area (Å²) in [6, 6.07) is 6.06. The standard InChI is InChI=1S/C13H18N2O/c1-13(2,8-14)10-7-15-12-9(10)5-4-6-11(12)16-3/h4-7,15H,8,14H2,1-3H3. The Morgan fingerprint density at radius 3 is 2.75 bits per heavy atom. The van der Waals surface area contributed by atoms with E-state index in [0.717, 1.165) is 11.3 Å². The Morgan fingerprint density at radius 2 is 2.12 bits per heavy atom. The summed E-state index contributed by atoms with van der Waals surface area (Å²) in [5, 5.41) is 1.19. The number of methoxy groups -OCH3 is 1. The Balaban J connectivity index is 2.66. The van der Waals surface area contributed by atoms with E-state index in [9.17, 15) is 0 Å². The highest BCUT2D eigenvalue weighted by molar-refractivity contribution is 5.89. The van der Waals surface area contributed by atoms with E-state index in [0.29, 0.717) is 6.54 Å². The van der Waals surface area contributed by atoms with Crippen LogP contribution in [0.15, 0.2) is 24.4 Å². The average molecular weight is 218 g/mol. The highest BCUT2D eigenvalue weighted by Crippen LogP contribution is 2.33. The molecule has 0 saturated heterocycles. The first-order chi connectivity index (χ1) is 7.60. The number of ether oxygens (including phenoxy) is 1. The summed E-state index contributed by atoms with van der Waals surface area (Å²) in [7, 11) is 1.68. The maximum absolute atomic E-state index is 5.81. The van der Waals surface area contributed by atoms with E-state index in [2.05, 4.69) is 24.9 Å². The molecule has 0 fully saturated rings. The van der Waals surface area contributed by atoms with Crippen molar-refractivity contribution in [3.8, 4) is 5.75 Å². The summed E-state index contributed by atoms with van der Waals surface area (Å²) in [6.07, 6.45) is 2.03. The first kappa shape index (κ1) is 11.0. The van der Waals surface area contributed by atoms with Gasteiger partial charge in [0.25, 0.3) is 0 Å². The summed E-state index contributed by atoms with van der Waals surface area (Å²) in [6.45, 7) is 4.92. The van der Waals surface area contributed by atoms with E-state index in [1.54, 1.807) is 7.11 Å². The molecule has 0 bridgehead atoms. The molecule has 1 heterocycles. The number of fused-ring (bicyclic) bond motifs is 1. The minimum Gasteiger partial charge on any atom is -0.495 e. The molecule has 1 aromatic carbocycles. The molecular formula is C13H18N2O. The summed E-state index contributed by atoms with van der Waals surface area (Å²) >= 11 is 0. The fourth-order valence-electron chi connectivity index (χ4n) is 1.97. The Hall–Kier alpha value is -1.48. The van der Waals surface area contributed by atoms with E-state index in [1.165, 1.54) is 10.9 Å². The number of hydrogen-bond acceptors (Lipinski definition) is 2. The van der Waals surface area contributed by atoms with Crippen LogP contribution in [0.5, 0.6) is 5.75 Å². The lowest BCUT2D eigenvalue weighted by Gasteiger charge is -2.21. The van der Waals surface area contributed by atoms with Crippen molar-refractivity contribution in [3.63, 3.8) is 0 Å². The predicted molar refractivity (Wildman–Crippen MR) is 66.9 cm³/mol. The van der Waals surface area contributed by atoms with Gasteiger partial charge in [-0.2, -0.15) is 0 Å². The average Bonchev–Trinajstić information content (AvgIpc) is 2.73. The molecule has 16 heavy (non-hydrogen) atoms. The largest absolute Gasteiger partial charge is 0.495 e. The first-order valence-electron chi connectivity index (χ1n) is 5.45. The number of nitrogens with one attached hydrogen (secondary N) is 1. The monoisotopic (exact) mass is 218 g/mol. The first-order valence-corrected chi connectivity index (χ1v) is 5.45. The quantitative estimate of drug-likeness (QED) is 0.831. The van der Waals surface area contributed by atoms with Gasteiger partial charge in [0.15, 0.2) is 0 Å². The number of nitrogens with two attached hydrogens (primary N) is 1. The van der Waals surface area contributed by atoms with Crippen molar-refractivity contribution in [1.29, 1.82) is 0 Å². The molecule has 0 aliphatic rings. The number of hydrogen-bond donors (Lipinski definition) is 2. The second-order valence-electron chi connectivity index (χ2n) is 4.67. The maximum atomic E-state index is 5.81. The van der Waals surface area contributed by atoms with Gasteiger partial charge in [0.05, 0.1) is 12.6 Å². The van der Waals surface area contributed by atoms with Crippen LogP contribution in [-0.2, 0) is 5.41 Å². The molecule has 0 atom stereocenters. The second-order valence-corrected chi connectivity index (χ2v) is 4.67. The summed E-state index contributed by atoms with van der Waals surface area (Å²) in [5.74, 6) is 0.872. The fourth-order valence-corrected chi connectivity index (χ4v) is 1.97.